The van der Waals surface area contributed by atoms with Crippen molar-refractivity contribution in [3.8, 4) is 0 Å². The fourth-order valence-corrected chi connectivity index (χ4v) is 1.76. The first kappa shape index (κ1) is 12.1. The van der Waals surface area contributed by atoms with Crippen LogP contribution in [0, 0.1) is 0 Å². The largest absolute Gasteiger partial charge is 0.282 e. The van der Waals surface area contributed by atoms with E-state index in [4.69, 9.17) is 0 Å². The van der Waals surface area contributed by atoms with Crippen molar-refractivity contribution in [3.05, 3.63) is 17.5 Å². The second kappa shape index (κ2) is 4.29. The predicted octanol–water partition coefficient (Wildman–Crippen LogP) is 3.44. The van der Waals surface area contributed by atoms with E-state index < -0.39 is 6.43 Å². The minimum atomic E-state index is -2.49. The summed E-state index contributed by atoms with van der Waals surface area (Å²) in [5.74, 6) is 0. The number of nitrogens with zero attached hydrogens (tertiary/aromatic N) is 2. The normalized spacial score (nSPS) is 12.5. The molecule has 0 aromatic carbocycles. The molecule has 0 fully saturated rings. The van der Waals surface area contributed by atoms with E-state index in [1.807, 2.05) is 20.8 Å². The lowest BCUT2D eigenvalue weighted by molar-refractivity contribution is 0.142. The summed E-state index contributed by atoms with van der Waals surface area (Å²) >= 11 is 0. The quantitative estimate of drug-likeness (QED) is 0.754. The van der Waals surface area contributed by atoms with Crippen molar-refractivity contribution in [2.75, 3.05) is 0 Å². The van der Waals surface area contributed by atoms with Crippen LogP contribution in [-0.2, 0) is 12.5 Å². The van der Waals surface area contributed by atoms with Crippen LogP contribution in [0.5, 0.6) is 0 Å². The molecule has 0 saturated carbocycles. The van der Waals surface area contributed by atoms with Gasteiger partial charge in [-0.2, -0.15) is 5.10 Å². The molecule has 1 heterocycles. The highest BCUT2D eigenvalue weighted by atomic mass is 19.3. The Morgan fingerprint density at radius 1 is 1.40 bits per heavy atom. The van der Waals surface area contributed by atoms with Gasteiger partial charge in [0.1, 0.15) is 5.69 Å². The molecule has 0 amide bonds. The predicted molar refractivity (Wildman–Crippen MR) is 56.1 cm³/mol. The summed E-state index contributed by atoms with van der Waals surface area (Å²) in [6.45, 7) is 6.05. The molecule has 0 bridgehead atoms. The zero-order valence-electron chi connectivity index (χ0n) is 9.72. The Bertz CT molecular complexity index is 327. The van der Waals surface area contributed by atoms with Gasteiger partial charge in [-0.3, -0.25) is 4.68 Å². The highest BCUT2D eigenvalue weighted by Crippen LogP contribution is 2.36. The van der Waals surface area contributed by atoms with Crippen LogP contribution in [0.25, 0.3) is 0 Å². The van der Waals surface area contributed by atoms with E-state index in [1.54, 1.807) is 13.2 Å². The maximum atomic E-state index is 12.8. The van der Waals surface area contributed by atoms with Gasteiger partial charge in [-0.15, -0.1) is 0 Å². The molecule has 1 aromatic heterocycles. The Balaban J connectivity index is 3.22. The van der Waals surface area contributed by atoms with Crippen LogP contribution in [0.15, 0.2) is 6.20 Å². The van der Waals surface area contributed by atoms with Crippen LogP contribution < -0.4 is 0 Å². The molecule has 1 rings (SSSR count). The third-order valence-corrected chi connectivity index (χ3v) is 3.27. The van der Waals surface area contributed by atoms with E-state index in [2.05, 4.69) is 5.10 Å². The third kappa shape index (κ3) is 2.19. The number of halogens is 2. The maximum absolute atomic E-state index is 12.8. The smallest absolute Gasteiger partial charge is 0.275 e. The van der Waals surface area contributed by atoms with Gasteiger partial charge in [0, 0.05) is 18.8 Å². The first-order valence-corrected chi connectivity index (χ1v) is 5.26. The van der Waals surface area contributed by atoms with Gasteiger partial charge in [0.05, 0.1) is 0 Å². The molecule has 0 saturated heterocycles. The van der Waals surface area contributed by atoms with Gasteiger partial charge in [-0.1, -0.05) is 20.8 Å². The average Bonchev–Trinajstić information content (AvgIpc) is 2.60. The molecule has 86 valence electrons. The first-order valence-electron chi connectivity index (χ1n) is 5.26. The fraction of sp³-hybridized carbons (Fsp3) is 0.727. The second-order valence-electron chi connectivity index (χ2n) is 4.17. The molecule has 0 unspecified atom stereocenters. The lowest BCUT2D eigenvalue weighted by Crippen LogP contribution is -2.20. The van der Waals surface area contributed by atoms with Crippen molar-refractivity contribution in [1.29, 1.82) is 0 Å². The molecule has 0 aliphatic rings. The maximum Gasteiger partial charge on any atom is 0.282 e. The van der Waals surface area contributed by atoms with Gasteiger partial charge in [0.25, 0.3) is 6.43 Å². The summed E-state index contributed by atoms with van der Waals surface area (Å²) < 4.78 is 27.0. The summed E-state index contributed by atoms with van der Waals surface area (Å²) in [5.41, 5.74) is 0.425. The molecule has 0 spiro atoms. The Labute approximate surface area is 89.3 Å². The molecule has 0 radical (unpaired) electrons. The fourth-order valence-electron chi connectivity index (χ4n) is 1.76. The van der Waals surface area contributed by atoms with Gasteiger partial charge < -0.3 is 0 Å². The van der Waals surface area contributed by atoms with E-state index in [-0.39, 0.29) is 11.1 Å². The summed E-state index contributed by atoms with van der Waals surface area (Å²) in [6, 6.07) is 0. The van der Waals surface area contributed by atoms with Crippen molar-refractivity contribution in [2.24, 2.45) is 7.05 Å². The Kier molecular flexibility index (Phi) is 3.47. The van der Waals surface area contributed by atoms with Crippen molar-refractivity contribution in [3.63, 3.8) is 0 Å². The number of aryl methyl sites for hydroxylation is 1. The Morgan fingerprint density at radius 3 is 2.33 bits per heavy atom. The zero-order chi connectivity index (χ0) is 11.6. The van der Waals surface area contributed by atoms with Crippen molar-refractivity contribution in [1.82, 2.24) is 9.78 Å². The molecule has 4 heteroatoms. The molecular weight excluding hydrogens is 198 g/mol. The molecule has 1 aromatic rings. The molecule has 0 N–H and O–H groups in total. The lowest BCUT2D eigenvalue weighted by Gasteiger charge is -2.26. The van der Waals surface area contributed by atoms with Gasteiger partial charge in [-0.05, 0) is 18.3 Å². The summed E-state index contributed by atoms with van der Waals surface area (Å²) in [4.78, 5) is 0. The SMILES string of the molecule is CCC(C)(CC)c1cn(C)nc1C(F)F. The number of hydrogen-bond donors (Lipinski definition) is 0. The van der Waals surface area contributed by atoms with E-state index in [0.717, 1.165) is 12.8 Å². The molecule has 0 aliphatic heterocycles. The van der Waals surface area contributed by atoms with Crippen LogP contribution in [0.1, 0.15) is 51.3 Å². The van der Waals surface area contributed by atoms with Crippen molar-refractivity contribution >= 4 is 0 Å². The summed E-state index contributed by atoms with van der Waals surface area (Å²) in [6.07, 6.45) is 0.914. The van der Waals surface area contributed by atoms with Crippen molar-refractivity contribution < 1.29 is 8.78 Å². The average molecular weight is 216 g/mol. The highest BCUT2D eigenvalue weighted by Gasteiger charge is 2.30. The Morgan fingerprint density at radius 2 is 1.93 bits per heavy atom. The topological polar surface area (TPSA) is 17.8 Å². The van der Waals surface area contributed by atoms with Crippen LogP contribution in [0.2, 0.25) is 0 Å². The number of hydrogen-bond acceptors (Lipinski definition) is 1. The summed E-state index contributed by atoms with van der Waals surface area (Å²) in [7, 11) is 1.68. The van der Waals surface area contributed by atoms with Gasteiger partial charge in [0.15, 0.2) is 0 Å². The van der Waals surface area contributed by atoms with Crippen LogP contribution >= 0.6 is 0 Å². The third-order valence-electron chi connectivity index (χ3n) is 3.27. The van der Waals surface area contributed by atoms with Gasteiger partial charge >= 0.3 is 0 Å². The molecule has 0 atom stereocenters. The molecule has 2 nitrogen and oxygen atoms in total. The summed E-state index contributed by atoms with van der Waals surface area (Å²) in [5, 5.41) is 3.84. The second-order valence-corrected chi connectivity index (χ2v) is 4.17. The van der Waals surface area contributed by atoms with Gasteiger partial charge in [-0.25, -0.2) is 8.78 Å². The minimum absolute atomic E-state index is 0.0660. The van der Waals surface area contributed by atoms with E-state index in [0.29, 0.717) is 5.56 Å². The molecule has 0 aliphatic carbocycles. The van der Waals surface area contributed by atoms with Crippen LogP contribution in [-0.4, -0.2) is 9.78 Å². The standard InChI is InChI=1S/C11H18F2N2/c1-5-11(3,6-2)8-7-15(4)14-9(8)10(12)13/h7,10H,5-6H2,1-4H3. The van der Waals surface area contributed by atoms with E-state index in [9.17, 15) is 8.78 Å². The molecule has 15 heavy (non-hydrogen) atoms. The van der Waals surface area contributed by atoms with Crippen LogP contribution in [0.4, 0.5) is 8.78 Å². The van der Waals surface area contributed by atoms with E-state index in [1.165, 1.54) is 4.68 Å². The number of aromatic nitrogens is 2. The monoisotopic (exact) mass is 216 g/mol. The van der Waals surface area contributed by atoms with Gasteiger partial charge in [0.2, 0.25) is 0 Å². The van der Waals surface area contributed by atoms with Crippen molar-refractivity contribution in [2.45, 2.75) is 45.5 Å². The zero-order valence-corrected chi connectivity index (χ0v) is 9.72. The minimum Gasteiger partial charge on any atom is -0.275 e. The highest BCUT2D eigenvalue weighted by molar-refractivity contribution is 5.27. The number of alkyl halides is 2. The molecular formula is C11H18F2N2. The first-order chi connectivity index (χ1) is 6.94. The van der Waals surface area contributed by atoms with E-state index >= 15 is 0 Å². The number of rotatable bonds is 4. The Hall–Kier alpha value is -0.930. The lowest BCUT2D eigenvalue weighted by atomic mass is 9.78. The van der Waals surface area contributed by atoms with Crippen LogP contribution in [0.3, 0.4) is 0 Å².